The molecule has 0 bridgehead atoms. The van der Waals surface area contributed by atoms with Gasteiger partial charge in [0.25, 0.3) is 0 Å². The van der Waals surface area contributed by atoms with Crippen LogP contribution >= 0.6 is 17.0 Å². The molecule has 0 atom stereocenters. The predicted molar refractivity (Wildman–Crippen MR) is 53.7 cm³/mol. The van der Waals surface area contributed by atoms with Gasteiger partial charge in [-0.1, -0.05) is 12.1 Å². The Kier molecular flexibility index (Phi) is 2.65. The van der Waals surface area contributed by atoms with Gasteiger partial charge in [-0.05, 0) is 17.5 Å². The monoisotopic (exact) mass is 225 g/mol. The molecule has 0 saturated carbocycles. The van der Waals surface area contributed by atoms with Crippen LogP contribution in [0.15, 0.2) is 36.7 Å². The first-order chi connectivity index (χ1) is 5.38. The van der Waals surface area contributed by atoms with Crippen LogP contribution in [-0.4, -0.2) is 10.1 Å². The van der Waals surface area contributed by atoms with Crippen LogP contribution in [0.2, 0.25) is 0 Å². The molecule has 0 aliphatic carbocycles. The van der Waals surface area contributed by atoms with E-state index in [9.17, 15) is 5.11 Å². The number of aromatic nitrogens is 1. The van der Waals surface area contributed by atoms with E-state index in [4.69, 9.17) is 0 Å². The average Bonchev–Trinajstić information content (AvgIpc) is 2.06. The number of phenols is 1. The van der Waals surface area contributed by atoms with Crippen LogP contribution in [0.1, 0.15) is 0 Å². The summed E-state index contributed by atoms with van der Waals surface area (Å²) in [5, 5.41) is 11.1. The molecule has 1 N–H and O–H groups in total. The minimum Gasteiger partial charge on any atom is -0.507 e. The smallest absolute Gasteiger partial charge is 0.124 e. The lowest BCUT2D eigenvalue weighted by Crippen LogP contribution is -1.74. The van der Waals surface area contributed by atoms with Crippen LogP contribution in [0, 0.1) is 0 Å². The summed E-state index contributed by atoms with van der Waals surface area (Å²) in [6, 6.07) is 7.29. The molecule has 1 aromatic heterocycles. The molecular formula is C9H8BrNO. The maximum Gasteiger partial charge on any atom is 0.124 e. The quantitative estimate of drug-likeness (QED) is 0.748. The molecule has 0 spiro atoms. The molecule has 0 amide bonds. The molecule has 0 aliphatic rings. The second-order valence-electron chi connectivity index (χ2n) is 2.37. The molecule has 62 valence electrons. The Morgan fingerprint density at radius 3 is 2.75 bits per heavy atom. The van der Waals surface area contributed by atoms with Gasteiger partial charge in [-0.3, -0.25) is 4.98 Å². The lowest BCUT2D eigenvalue weighted by molar-refractivity contribution is 0.481. The zero-order valence-corrected chi connectivity index (χ0v) is 7.98. The Bertz CT molecular complexity index is 384. The number of nitrogens with zero attached hydrogens (tertiary/aromatic N) is 1. The maximum atomic E-state index is 9.33. The largest absolute Gasteiger partial charge is 0.507 e. The highest BCUT2D eigenvalue weighted by atomic mass is 79.9. The van der Waals surface area contributed by atoms with Gasteiger partial charge in [0.1, 0.15) is 5.75 Å². The number of aromatic hydroxyl groups is 1. The van der Waals surface area contributed by atoms with E-state index in [2.05, 4.69) is 4.98 Å². The summed E-state index contributed by atoms with van der Waals surface area (Å²) >= 11 is 0. The van der Waals surface area contributed by atoms with Crippen LogP contribution in [0.25, 0.3) is 10.8 Å². The summed E-state index contributed by atoms with van der Waals surface area (Å²) in [4.78, 5) is 3.91. The Morgan fingerprint density at radius 1 is 1.17 bits per heavy atom. The van der Waals surface area contributed by atoms with Crippen LogP contribution < -0.4 is 0 Å². The highest BCUT2D eigenvalue weighted by Gasteiger charge is 1.95. The summed E-state index contributed by atoms with van der Waals surface area (Å²) in [5.41, 5.74) is 0. The normalized spacial score (nSPS) is 9.33. The van der Waals surface area contributed by atoms with E-state index in [0.717, 1.165) is 10.8 Å². The van der Waals surface area contributed by atoms with E-state index in [1.807, 2.05) is 18.2 Å². The first kappa shape index (κ1) is 9.00. The third-order valence-corrected chi connectivity index (χ3v) is 1.66. The zero-order chi connectivity index (χ0) is 7.68. The van der Waals surface area contributed by atoms with E-state index < -0.39 is 0 Å². The molecule has 12 heavy (non-hydrogen) atoms. The SMILES string of the molecule is Br.Oc1cccc2ccncc12. The molecule has 0 fully saturated rings. The molecular weight excluding hydrogens is 218 g/mol. The van der Waals surface area contributed by atoms with Crippen molar-refractivity contribution in [2.75, 3.05) is 0 Å². The van der Waals surface area contributed by atoms with Crippen molar-refractivity contribution in [2.24, 2.45) is 0 Å². The van der Waals surface area contributed by atoms with Crippen LogP contribution in [0.5, 0.6) is 5.75 Å². The molecule has 1 aromatic carbocycles. The van der Waals surface area contributed by atoms with Crippen LogP contribution in [0.3, 0.4) is 0 Å². The molecule has 1 heterocycles. The number of phenolic OH excluding ortho intramolecular Hbond substituents is 1. The van der Waals surface area contributed by atoms with Gasteiger partial charge in [-0.25, -0.2) is 0 Å². The summed E-state index contributed by atoms with van der Waals surface area (Å²) in [6.45, 7) is 0. The lowest BCUT2D eigenvalue weighted by atomic mass is 10.2. The third kappa shape index (κ3) is 1.41. The number of benzene rings is 1. The van der Waals surface area contributed by atoms with E-state index in [1.165, 1.54) is 0 Å². The lowest BCUT2D eigenvalue weighted by Gasteiger charge is -1.97. The highest BCUT2D eigenvalue weighted by Crippen LogP contribution is 2.21. The van der Waals surface area contributed by atoms with Crippen molar-refractivity contribution in [1.29, 1.82) is 0 Å². The zero-order valence-electron chi connectivity index (χ0n) is 6.27. The summed E-state index contributed by atoms with van der Waals surface area (Å²) < 4.78 is 0. The fourth-order valence-corrected chi connectivity index (χ4v) is 1.10. The molecule has 2 rings (SSSR count). The number of hydrogen-bond donors (Lipinski definition) is 1. The van der Waals surface area contributed by atoms with Gasteiger partial charge in [0.05, 0.1) is 0 Å². The predicted octanol–water partition coefficient (Wildman–Crippen LogP) is 2.52. The van der Waals surface area contributed by atoms with Gasteiger partial charge in [0, 0.05) is 17.8 Å². The number of rotatable bonds is 0. The summed E-state index contributed by atoms with van der Waals surface area (Å²) in [7, 11) is 0. The number of fused-ring (bicyclic) bond motifs is 1. The van der Waals surface area contributed by atoms with Crippen molar-refractivity contribution < 1.29 is 5.11 Å². The first-order valence-electron chi connectivity index (χ1n) is 3.39. The van der Waals surface area contributed by atoms with Gasteiger partial charge >= 0.3 is 0 Å². The van der Waals surface area contributed by atoms with E-state index in [0.29, 0.717) is 0 Å². The fourth-order valence-electron chi connectivity index (χ4n) is 1.10. The number of hydrogen-bond acceptors (Lipinski definition) is 2. The van der Waals surface area contributed by atoms with Crippen LogP contribution in [-0.2, 0) is 0 Å². The number of halogens is 1. The molecule has 2 nitrogen and oxygen atoms in total. The minimum absolute atomic E-state index is 0. The topological polar surface area (TPSA) is 33.1 Å². The first-order valence-corrected chi connectivity index (χ1v) is 3.39. The highest BCUT2D eigenvalue weighted by molar-refractivity contribution is 8.93. The molecule has 0 saturated heterocycles. The third-order valence-electron chi connectivity index (χ3n) is 1.66. The number of pyridine rings is 1. The molecule has 0 radical (unpaired) electrons. The Morgan fingerprint density at radius 2 is 2.00 bits per heavy atom. The van der Waals surface area contributed by atoms with Gasteiger partial charge in [0.2, 0.25) is 0 Å². The van der Waals surface area contributed by atoms with E-state index >= 15 is 0 Å². The molecule has 3 heteroatoms. The van der Waals surface area contributed by atoms with Crippen molar-refractivity contribution in [3.05, 3.63) is 36.7 Å². The summed E-state index contributed by atoms with van der Waals surface area (Å²) in [6.07, 6.45) is 3.37. The second-order valence-corrected chi connectivity index (χ2v) is 2.37. The van der Waals surface area contributed by atoms with Crippen molar-refractivity contribution in [2.45, 2.75) is 0 Å². The van der Waals surface area contributed by atoms with Crippen molar-refractivity contribution in [3.63, 3.8) is 0 Å². The second kappa shape index (κ2) is 3.54. The van der Waals surface area contributed by atoms with Crippen molar-refractivity contribution >= 4 is 27.8 Å². The minimum atomic E-state index is 0. The summed E-state index contributed by atoms with van der Waals surface area (Å²) in [5.74, 6) is 0.288. The Labute approximate surface area is 80.6 Å². The van der Waals surface area contributed by atoms with E-state index in [1.54, 1.807) is 18.5 Å². The molecule has 0 aliphatic heterocycles. The molecule has 2 aromatic rings. The van der Waals surface area contributed by atoms with Gasteiger partial charge in [0.15, 0.2) is 0 Å². The Balaban J connectivity index is 0.000000720. The van der Waals surface area contributed by atoms with Gasteiger partial charge < -0.3 is 5.11 Å². The van der Waals surface area contributed by atoms with E-state index in [-0.39, 0.29) is 22.7 Å². The maximum absolute atomic E-state index is 9.33. The standard InChI is InChI=1S/C9H7NO.BrH/c11-9-3-1-2-7-4-5-10-6-8(7)9;/h1-6,11H;1H. The molecule has 0 unspecified atom stereocenters. The van der Waals surface area contributed by atoms with Gasteiger partial charge in [-0.2, -0.15) is 0 Å². The van der Waals surface area contributed by atoms with Crippen molar-refractivity contribution in [3.8, 4) is 5.75 Å². The van der Waals surface area contributed by atoms with Gasteiger partial charge in [-0.15, -0.1) is 17.0 Å². The fraction of sp³-hybridized carbons (Fsp3) is 0. The average molecular weight is 226 g/mol. The van der Waals surface area contributed by atoms with Crippen molar-refractivity contribution in [1.82, 2.24) is 4.98 Å². The Hall–Kier alpha value is -1.09. The van der Waals surface area contributed by atoms with Crippen LogP contribution in [0.4, 0.5) is 0 Å².